The highest BCUT2D eigenvalue weighted by atomic mass is 19.4. The van der Waals surface area contributed by atoms with Crippen molar-refractivity contribution in [3.8, 4) is 0 Å². The average molecular weight is 455 g/mol. The van der Waals surface area contributed by atoms with Crippen molar-refractivity contribution in [2.75, 3.05) is 13.1 Å². The molecule has 0 fully saturated rings. The number of nitrogens with one attached hydrogen (secondary N) is 1. The Morgan fingerprint density at radius 2 is 1.71 bits per heavy atom. The van der Waals surface area contributed by atoms with E-state index in [4.69, 9.17) is 25.5 Å². The van der Waals surface area contributed by atoms with E-state index >= 15 is 0 Å². The molecule has 1 aliphatic rings. The first kappa shape index (κ1) is 28.2. The summed E-state index contributed by atoms with van der Waals surface area (Å²) in [6, 6.07) is -1.63. The van der Waals surface area contributed by atoms with Crippen LogP contribution in [0.15, 0.2) is 11.8 Å². The van der Waals surface area contributed by atoms with E-state index in [9.17, 15) is 27.6 Å². The third-order valence-corrected chi connectivity index (χ3v) is 3.99. The maximum atomic E-state index is 12.9. The minimum Gasteiger partial charge on any atom is -0.475 e. The zero-order chi connectivity index (χ0) is 24.4. The topological polar surface area (TPSA) is 159 Å². The van der Waals surface area contributed by atoms with Crippen molar-refractivity contribution in [2.45, 2.75) is 64.4 Å². The van der Waals surface area contributed by atoms with Gasteiger partial charge in [0.25, 0.3) is 5.91 Å². The first-order chi connectivity index (χ1) is 14.3. The Morgan fingerprint density at radius 1 is 1.16 bits per heavy atom. The largest absolute Gasteiger partial charge is 0.490 e. The Morgan fingerprint density at radius 3 is 2.10 bits per heavy atom. The third-order valence-electron chi connectivity index (χ3n) is 3.99. The van der Waals surface area contributed by atoms with Crippen molar-refractivity contribution < 1.29 is 47.3 Å². The molecule has 0 saturated heterocycles. The zero-order valence-electron chi connectivity index (χ0n) is 17.4. The van der Waals surface area contributed by atoms with Crippen LogP contribution >= 0.6 is 0 Å². The van der Waals surface area contributed by atoms with Crippen molar-refractivity contribution in [1.82, 2.24) is 10.2 Å². The van der Waals surface area contributed by atoms with Crippen LogP contribution in [0, 0.1) is 0 Å². The fourth-order valence-corrected chi connectivity index (χ4v) is 2.59. The fourth-order valence-electron chi connectivity index (χ4n) is 2.59. The van der Waals surface area contributed by atoms with Crippen LogP contribution in [0.25, 0.3) is 0 Å². The number of nitrogens with zero attached hydrogens (tertiary/aromatic N) is 1. The number of ether oxygens (including phenoxy) is 1. The summed E-state index contributed by atoms with van der Waals surface area (Å²) in [5, 5.41) is 18.9. The number of unbranched alkanes of at least 4 members (excludes halogenated alkanes) is 1. The summed E-state index contributed by atoms with van der Waals surface area (Å²) < 4.78 is 37.1. The van der Waals surface area contributed by atoms with Gasteiger partial charge in [-0.2, -0.15) is 13.2 Å². The molecule has 3 atom stereocenters. The summed E-state index contributed by atoms with van der Waals surface area (Å²) in [6.07, 6.45) is -2.50. The highest BCUT2D eigenvalue weighted by Gasteiger charge is 2.42. The maximum absolute atomic E-state index is 12.9. The van der Waals surface area contributed by atoms with E-state index in [1.165, 1.54) is 13.0 Å². The van der Waals surface area contributed by atoms with Crippen molar-refractivity contribution in [2.24, 2.45) is 5.73 Å². The van der Waals surface area contributed by atoms with Gasteiger partial charge < -0.3 is 30.9 Å². The van der Waals surface area contributed by atoms with Gasteiger partial charge in [0, 0.05) is 20.0 Å². The summed E-state index contributed by atoms with van der Waals surface area (Å²) in [7, 11) is 0. The second kappa shape index (κ2) is 12.8. The Hall–Kier alpha value is -2.83. The molecule has 178 valence electrons. The van der Waals surface area contributed by atoms with E-state index in [0.717, 1.165) is 19.3 Å². The Kier molecular flexibility index (Phi) is 11.6. The number of hydrogen-bond acceptors (Lipinski definition) is 6. The van der Waals surface area contributed by atoms with Gasteiger partial charge in [-0.3, -0.25) is 9.59 Å². The van der Waals surface area contributed by atoms with Crippen LogP contribution in [-0.2, 0) is 23.9 Å². The number of carbonyl (C=O) groups is 4. The molecule has 13 heteroatoms. The van der Waals surface area contributed by atoms with Gasteiger partial charge in [-0.05, 0) is 18.9 Å². The standard InChI is InChI=1S/C16H27N3O5.C2HF3O2/c1-4-6-8-19(7-5-2)15(21)14-13(18-10(3)20)11(17)9-12(24-14)16(22)23;3-2(4,5)1(6)7/h9,11,13-14H,4-8,17H2,1-3H3,(H,18,20)(H,22,23);(H,6,7)/t11-,13+,14+;/m0./s1. The van der Waals surface area contributed by atoms with Crippen LogP contribution in [0.5, 0.6) is 0 Å². The van der Waals surface area contributed by atoms with Crippen molar-refractivity contribution in [3.05, 3.63) is 11.8 Å². The Balaban J connectivity index is 0.00000110. The molecule has 31 heavy (non-hydrogen) atoms. The average Bonchev–Trinajstić information content (AvgIpc) is 2.65. The van der Waals surface area contributed by atoms with Crippen molar-refractivity contribution in [1.29, 1.82) is 0 Å². The number of amides is 2. The molecule has 1 aliphatic heterocycles. The number of carbonyl (C=O) groups excluding carboxylic acids is 2. The molecule has 2 amide bonds. The predicted octanol–water partition coefficient (Wildman–Crippen LogP) is 0.858. The lowest BCUT2D eigenvalue weighted by molar-refractivity contribution is -0.192. The molecule has 0 bridgehead atoms. The quantitative estimate of drug-likeness (QED) is 0.419. The molecule has 0 spiro atoms. The van der Waals surface area contributed by atoms with Gasteiger partial charge in [0.2, 0.25) is 11.7 Å². The minimum atomic E-state index is -5.08. The van der Waals surface area contributed by atoms with Crippen LogP contribution in [0.2, 0.25) is 0 Å². The second-order valence-electron chi connectivity index (χ2n) is 6.66. The highest BCUT2D eigenvalue weighted by Crippen LogP contribution is 2.20. The number of aliphatic carboxylic acids is 2. The Labute approximate surface area is 177 Å². The lowest BCUT2D eigenvalue weighted by Crippen LogP contribution is -2.61. The normalized spacial score (nSPS) is 20.4. The number of halogens is 3. The molecule has 0 saturated carbocycles. The number of carboxylic acids is 2. The molecule has 0 unspecified atom stereocenters. The lowest BCUT2D eigenvalue weighted by Gasteiger charge is -2.37. The molecule has 10 nitrogen and oxygen atoms in total. The molecule has 0 aromatic rings. The number of rotatable bonds is 8. The zero-order valence-corrected chi connectivity index (χ0v) is 17.4. The van der Waals surface area contributed by atoms with Crippen LogP contribution in [0.4, 0.5) is 13.2 Å². The molecule has 0 aliphatic carbocycles. The summed E-state index contributed by atoms with van der Waals surface area (Å²) >= 11 is 0. The monoisotopic (exact) mass is 455 g/mol. The van der Waals surface area contributed by atoms with Crippen LogP contribution in [-0.4, -0.2) is 76.3 Å². The van der Waals surface area contributed by atoms with Gasteiger partial charge in [0.1, 0.15) is 0 Å². The van der Waals surface area contributed by atoms with E-state index in [-0.39, 0.29) is 17.6 Å². The molecule has 1 heterocycles. The smallest absolute Gasteiger partial charge is 0.475 e. The van der Waals surface area contributed by atoms with Gasteiger partial charge in [0.05, 0.1) is 12.1 Å². The van der Waals surface area contributed by atoms with Gasteiger partial charge in [0.15, 0.2) is 6.10 Å². The number of carboxylic acid groups (broad SMARTS) is 2. The van der Waals surface area contributed by atoms with Gasteiger partial charge >= 0.3 is 18.1 Å². The Bertz CT molecular complexity index is 683. The van der Waals surface area contributed by atoms with E-state index in [2.05, 4.69) is 5.32 Å². The molecular formula is C18H28F3N3O7. The molecule has 5 N–H and O–H groups in total. The SMILES string of the molecule is CCCCN(CCC)C(=O)[C@@H]1OC(C(=O)O)=C[C@H](N)[C@H]1NC(C)=O.O=C(O)C(F)(F)F. The van der Waals surface area contributed by atoms with Crippen molar-refractivity contribution >= 4 is 23.8 Å². The number of nitrogens with two attached hydrogens (primary N) is 1. The van der Waals surface area contributed by atoms with Gasteiger partial charge in [-0.15, -0.1) is 0 Å². The van der Waals surface area contributed by atoms with Crippen molar-refractivity contribution in [3.63, 3.8) is 0 Å². The summed E-state index contributed by atoms with van der Waals surface area (Å²) in [4.78, 5) is 46.0. The molecule has 0 aromatic heterocycles. The second-order valence-corrected chi connectivity index (χ2v) is 6.66. The molecular weight excluding hydrogens is 427 g/mol. The number of alkyl halides is 3. The summed E-state index contributed by atoms with van der Waals surface area (Å²) in [5.74, 6) is -5.13. The summed E-state index contributed by atoms with van der Waals surface area (Å²) in [5.41, 5.74) is 5.95. The number of hydrogen-bond donors (Lipinski definition) is 4. The molecule has 1 rings (SSSR count). The van der Waals surface area contributed by atoms with E-state index in [1.807, 2.05) is 13.8 Å². The van der Waals surface area contributed by atoms with Crippen LogP contribution in [0.1, 0.15) is 40.0 Å². The highest BCUT2D eigenvalue weighted by molar-refractivity contribution is 5.88. The van der Waals surface area contributed by atoms with Crippen LogP contribution in [0.3, 0.4) is 0 Å². The van der Waals surface area contributed by atoms with Gasteiger partial charge in [-0.1, -0.05) is 20.3 Å². The first-order valence-electron chi connectivity index (χ1n) is 9.49. The minimum absolute atomic E-state index is 0.355. The first-order valence-corrected chi connectivity index (χ1v) is 9.49. The van der Waals surface area contributed by atoms with E-state index in [0.29, 0.717) is 13.1 Å². The van der Waals surface area contributed by atoms with E-state index in [1.54, 1.807) is 4.90 Å². The predicted molar refractivity (Wildman–Crippen MR) is 102 cm³/mol. The van der Waals surface area contributed by atoms with E-state index < -0.39 is 36.3 Å². The lowest BCUT2D eigenvalue weighted by atomic mass is 9.97. The molecule has 0 aromatic carbocycles. The van der Waals surface area contributed by atoms with Crippen LogP contribution < -0.4 is 11.1 Å². The molecule has 0 radical (unpaired) electrons. The van der Waals surface area contributed by atoms with Gasteiger partial charge in [-0.25, -0.2) is 9.59 Å². The maximum Gasteiger partial charge on any atom is 0.490 e. The summed E-state index contributed by atoms with van der Waals surface area (Å²) in [6.45, 7) is 6.37. The fraction of sp³-hybridized carbons (Fsp3) is 0.667. The third kappa shape index (κ3) is 9.68.